The van der Waals surface area contributed by atoms with Gasteiger partial charge in [-0.2, -0.15) is 4.31 Å². The quantitative estimate of drug-likeness (QED) is 0.802. The number of hydrogen-bond donors (Lipinski definition) is 0. The Morgan fingerprint density at radius 1 is 1.32 bits per heavy atom. The van der Waals surface area contributed by atoms with Crippen LogP contribution in [0.3, 0.4) is 0 Å². The summed E-state index contributed by atoms with van der Waals surface area (Å²) in [7, 11) is -6.91. The fourth-order valence-electron chi connectivity index (χ4n) is 2.68. The Morgan fingerprint density at radius 2 is 1.91 bits per heavy atom. The van der Waals surface area contributed by atoms with Gasteiger partial charge in [0.25, 0.3) is 0 Å². The predicted molar refractivity (Wildman–Crippen MR) is 87.3 cm³/mol. The van der Waals surface area contributed by atoms with Crippen molar-refractivity contribution < 1.29 is 16.8 Å². The van der Waals surface area contributed by atoms with Gasteiger partial charge >= 0.3 is 0 Å². The first-order valence-electron chi connectivity index (χ1n) is 7.17. The topological polar surface area (TPSA) is 71.5 Å². The lowest BCUT2D eigenvalue weighted by molar-refractivity contribution is 0.271. The Morgan fingerprint density at radius 3 is 2.36 bits per heavy atom. The Balaban J connectivity index is 2.43. The molecule has 0 unspecified atom stereocenters. The van der Waals surface area contributed by atoms with Crippen molar-refractivity contribution in [2.24, 2.45) is 0 Å². The highest BCUT2D eigenvalue weighted by molar-refractivity contribution is 7.92. The highest BCUT2D eigenvalue weighted by Gasteiger charge is 2.40. The molecule has 1 heterocycles. The van der Waals surface area contributed by atoms with Crippen LogP contribution < -0.4 is 0 Å². The summed E-state index contributed by atoms with van der Waals surface area (Å²) < 4.78 is 50.7. The third kappa shape index (κ3) is 3.64. The van der Waals surface area contributed by atoms with E-state index in [1.54, 1.807) is 6.92 Å². The molecule has 1 saturated heterocycles. The minimum Gasteiger partial charge on any atom is -0.229 e. The fraction of sp³-hybridized carbons (Fsp3) is 0.571. The van der Waals surface area contributed by atoms with Gasteiger partial charge in [0.2, 0.25) is 10.0 Å². The zero-order chi connectivity index (χ0) is 16.5. The first kappa shape index (κ1) is 17.7. The van der Waals surface area contributed by atoms with E-state index in [1.807, 2.05) is 6.92 Å². The molecule has 1 fully saturated rings. The Kier molecular flexibility index (Phi) is 5.21. The molecular formula is C14H20ClNO4S2. The number of halogens is 1. The number of nitrogens with zero attached hydrogens (tertiary/aromatic N) is 1. The molecular weight excluding hydrogens is 346 g/mol. The van der Waals surface area contributed by atoms with Crippen LogP contribution >= 0.6 is 11.6 Å². The van der Waals surface area contributed by atoms with Crippen molar-refractivity contribution in [3.05, 3.63) is 29.3 Å². The minimum absolute atomic E-state index is 0.0424. The van der Waals surface area contributed by atoms with Gasteiger partial charge in [0, 0.05) is 17.1 Å². The highest BCUT2D eigenvalue weighted by atomic mass is 35.5. The molecule has 0 aliphatic carbocycles. The molecule has 0 radical (unpaired) electrons. The average Bonchev–Trinajstić information content (AvgIpc) is 2.78. The highest BCUT2D eigenvalue weighted by Crippen LogP contribution is 2.28. The van der Waals surface area contributed by atoms with Gasteiger partial charge in [-0.05, 0) is 44.0 Å². The van der Waals surface area contributed by atoms with E-state index in [2.05, 4.69) is 0 Å². The van der Waals surface area contributed by atoms with E-state index < -0.39 is 25.9 Å². The monoisotopic (exact) mass is 365 g/mol. The van der Waals surface area contributed by atoms with E-state index >= 15 is 0 Å². The standard InChI is InChI=1S/C14H20ClNO4S2/c1-3-11(2)16(13-8-9-21(17,18)10-13)22(19,20)14-6-4-12(15)5-7-14/h4-7,11,13H,3,8-10H2,1-2H3/t11-,13-/m1/s1. The van der Waals surface area contributed by atoms with Gasteiger partial charge in [0.15, 0.2) is 9.84 Å². The van der Waals surface area contributed by atoms with Gasteiger partial charge in [0.1, 0.15) is 0 Å². The lowest BCUT2D eigenvalue weighted by Crippen LogP contribution is -2.46. The van der Waals surface area contributed by atoms with E-state index in [-0.39, 0.29) is 22.4 Å². The van der Waals surface area contributed by atoms with Gasteiger partial charge in [-0.3, -0.25) is 0 Å². The van der Waals surface area contributed by atoms with E-state index in [0.717, 1.165) is 0 Å². The molecule has 0 N–H and O–H groups in total. The smallest absolute Gasteiger partial charge is 0.229 e. The average molecular weight is 366 g/mol. The van der Waals surface area contributed by atoms with Crippen molar-refractivity contribution in [2.45, 2.75) is 43.7 Å². The number of sulfonamides is 1. The molecule has 0 saturated carbocycles. The minimum atomic E-state index is -3.75. The summed E-state index contributed by atoms with van der Waals surface area (Å²) in [4.78, 5) is 0.140. The molecule has 0 bridgehead atoms. The molecule has 22 heavy (non-hydrogen) atoms. The molecule has 1 aromatic carbocycles. The van der Waals surface area contributed by atoms with Crippen LogP contribution in [-0.2, 0) is 19.9 Å². The first-order valence-corrected chi connectivity index (χ1v) is 10.8. The summed E-state index contributed by atoms with van der Waals surface area (Å²) in [5.74, 6) is -0.0646. The maximum absolute atomic E-state index is 12.9. The Bertz CT molecular complexity index is 729. The van der Waals surface area contributed by atoms with Gasteiger partial charge in [0.05, 0.1) is 16.4 Å². The van der Waals surface area contributed by atoms with Crippen molar-refractivity contribution in [3.8, 4) is 0 Å². The van der Waals surface area contributed by atoms with Crippen molar-refractivity contribution >= 4 is 31.5 Å². The largest absolute Gasteiger partial charge is 0.243 e. The van der Waals surface area contributed by atoms with Crippen LogP contribution in [0.2, 0.25) is 5.02 Å². The van der Waals surface area contributed by atoms with Crippen molar-refractivity contribution in [1.29, 1.82) is 0 Å². The van der Waals surface area contributed by atoms with Gasteiger partial charge in [-0.15, -0.1) is 0 Å². The van der Waals surface area contributed by atoms with Crippen molar-refractivity contribution in [1.82, 2.24) is 4.31 Å². The molecule has 124 valence electrons. The number of hydrogen-bond acceptors (Lipinski definition) is 4. The van der Waals surface area contributed by atoms with Gasteiger partial charge in [-0.1, -0.05) is 18.5 Å². The molecule has 1 aliphatic heterocycles. The van der Waals surface area contributed by atoms with Gasteiger partial charge < -0.3 is 0 Å². The number of benzene rings is 1. The van der Waals surface area contributed by atoms with Gasteiger partial charge in [-0.25, -0.2) is 16.8 Å². The second kappa shape index (κ2) is 6.47. The molecule has 0 aromatic heterocycles. The van der Waals surface area contributed by atoms with E-state index in [0.29, 0.717) is 17.9 Å². The molecule has 1 aliphatic rings. The second-order valence-electron chi connectivity index (χ2n) is 5.60. The maximum Gasteiger partial charge on any atom is 0.243 e. The third-order valence-corrected chi connectivity index (χ3v) is 8.07. The summed E-state index contributed by atoms with van der Waals surface area (Å²) >= 11 is 5.81. The van der Waals surface area contributed by atoms with E-state index in [4.69, 9.17) is 11.6 Å². The van der Waals surface area contributed by atoms with Crippen LogP contribution in [0.4, 0.5) is 0 Å². The van der Waals surface area contributed by atoms with E-state index in [1.165, 1.54) is 28.6 Å². The van der Waals surface area contributed by atoms with Crippen molar-refractivity contribution in [3.63, 3.8) is 0 Å². The summed E-state index contributed by atoms with van der Waals surface area (Å²) in [6.07, 6.45) is 0.961. The molecule has 1 aromatic rings. The lowest BCUT2D eigenvalue weighted by atomic mass is 10.2. The molecule has 2 atom stereocenters. The predicted octanol–water partition coefficient (Wildman–Crippen LogP) is 2.32. The molecule has 8 heteroatoms. The van der Waals surface area contributed by atoms with Crippen LogP contribution in [0.5, 0.6) is 0 Å². The zero-order valence-electron chi connectivity index (χ0n) is 12.6. The Hall–Kier alpha value is -0.630. The summed E-state index contributed by atoms with van der Waals surface area (Å²) in [6.45, 7) is 3.69. The lowest BCUT2D eigenvalue weighted by Gasteiger charge is -2.32. The SMILES string of the molecule is CC[C@@H](C)N([C@@H]1CCS(=O)(=O)C1)S(=O)(=O)c1ccc(Cl)cc1. The van der Waals surface area contributed by atoms with Crippen LogP contribution in [0.25, 0.3) is 0 Å². The van der Waals surface area contributed by atoms with Crippen LogP contribution in [-0.4, -0.2) is 44.7 Å². The van der Waals surface area contributed by atoms with Crippen LogP contribution in [0.15, 0.2) is 29.2 Å². The number of sulfone groups is 1. The summed E-state index contributed by atoms with van der Waals surface area (Å²) in [5.41, 5.74) is 0. The number of rotatable bonds is 5. The van der Waals surface area contributed by atoms with Crippen molar-refractivity contribution in [2.75, 3.05) is 11.5 Å². The van der Waals surface area contributed by atoms with Crippen LogP contribution in [0, 0.1) is 0 Å². The normalized spacial score (nSPS) is 22.8. The second-order valence-corrected chi connectivity index (χ2v) is 10.1. The fourth-order valence-corrected chi connectivity index (χ4v) is 6.53. The molecule has 2 rings (SSSR count). The molecule has 0 spiro atoms. The summed E-state index contributed by atoms with van der Waals surface area (Å²) in [6, 6.07) is 5.19. The summed E-state index contributed by atoms with van der Waals surface area (Å²) in [5, 5.41) is 0.456. The molecule has 5 nitrogen and oxygen atoms in total. The van der Waals surface area contributed by atoms with Crippen LogP contribution in [0.1, 0.15) is 26.7 Å². The Labute approximate surface area is 137 Å². The zero-order valence-corrected chi connectivity index (χ0v) is 15.0. The molecule has 0 amide bonds. The maximum atomic E-state index is 12.9. The first-order chi connectivity index (χ1) is 10.2. The van der Waals surface area contributed by atoms with E-state index in [9.17, 15) is 16.8 Å². The third-order valence-electron chi connectivity index (χ3n) is 3.98.